The van der Waals surface area contributed by atoms with E-state index < -0.39 is 0 Å². The zero-order chi connectivity index (χ0) is 13.0. The Balaban J connectivity index is 1.58. The molecule has 4 fully saturated rings. The van der Waals surface area contributed by atoms with E-state index >= 15 is 0 Å². The van der Waals surface area contributed by atoms with E-state index in [1.165, 1.54) is 12.8 Å². The van der Waals surface area contributed by atoms with Crippen molar-refractivity contribution in [2.75, 3.05) is 19.6 Å². The highest BCUT2D eigenvalue weighted by Gasteiger charge is 2.48. The van der Waals surface area contributed by atoms with Gasteiger partial charge in [0.1, 0.15) is 0 Å². The first-order valence-electron chi connectivity index (χ1n) is 7.94. The molecule has 5 atom stereocenters. The summed E-state index contributed by atoms with van der Waals surface area (Å²) in [5, 5.41) is 9.92. The van der Waals surface area contributed by atoms with Crippen molar-refractivity contribution in [1.29, 1.82) is 0 Å². The second kappa shape index (κ2) is 4.45. The van der Waals surface area contributed by atoms with Gasteiger partial charge in [0.2, 0.25) is 5.91 Å². The third kappa shape index (κ3) is 1.91. The summed E-state index contributed by atoms with van der Waals surface area (Å²) in [6, 6.07) is 1.04. The highest BCUT2D eigenvalue weighted by Crippen LogP contribution is 2.42. The van der Waals surface area contributed by atoms with Crippen LogP contribution < -0.4 is 0 Å². The Bertz CT molecular complexity index is 386. The van der Waals surface area contributed by atoms with Crippen molar-refractivity contribution >= 4 is 5.91 Å². The highest BCUT2D eigenvalue weighted by atomic mass is 16.3. The number of aliphatic hydroxyl groups excluding tert-OH is 1. The van der Waals surface area contributed by atoms with Crippen molar-refractivity contribution < 1.29 is 9.90 Å². The Hall–Kier alpha value is -0.610. The number of piperidine rings is 4. The van der Waals surface area contributed by atoms with Crippen LogP contribution in [0.3, 0.4) is 0 Å². The van der Waals surface area contributed by atoms with Crippen LogP contribution in [0, 0.1) is 11.8 Å². The smallest absolute Gasteiger partial charge is 0.222 e. The van der Waals surface area contributed by atoms with E-state index in [0.29, 0.717) is 29.8 Å². The van der Waals surface area contributed by atoms with Gasteiger partial charge in [0.25, 0.3) is 0 Å². The van der Waals surface area contributed by atoms with Crippen molar-refractivity contribution in [2.24, 2.45) is 11.8 Å². The fourth-order valence-corrected chi connectivity index (χ4v) is 5.07. The molecule has 4 aliphatic rings. The third-order valence-corrected chi connectivity index (χ3v) is 5.94. The Morgan fingerprint density at radius 1 is 1.05 bits per heavy atom. The lowest BCUT2D eigenvalue weighted by atomic mass is 9.70. The molecule has 19 heavy (non-hydrogen) atoms. The van der Waals surface area contributed by atoms with Gasteiger partial charge in [-0.3, -0.25) is 9.69 Å². The molecule has 0 spiro atoms. The molecule has 0 saturated carbocycles. The summed E-state index contributed by atoms with van der Waals surface area (Å²) in [4.78, 5) is 17.0. The molecule has 0 aromatic rings. The van der Waals surface area contributed by atoms with Gasteiger partial charge in [-0.05, 0) is 43.9 Å². The van der Waals surface area contributed by atoms with E-state index in [0.717, 1.165) is 45.3 Å². The first kappa shape index (κ1) is 12.2. The number of hydrogen-bond donors (Lipinski definition) is 1. The van der Waals surface area contributed by atoms with Gasteiger partial charge < -0.3 is 10.0 Å². The summed E-state index contributed by atoms with van der Waals surface area (Å²) in [5.74, 6) is 1.68. The molecule has 4 saturated heterocycles. The monoisotopic (exact) mass is 264 g/mol. The Kier molecular flexibility index (Phi) is 2.85. The quantitative estimate of drug-likeness (QED) is 0.705. The number of fused-ring (bicyclic) bond motifs is 6. The number of carbonyl (C=O) groups is 1. The summed E-state index contributed by atoms with van der Waals surface area (Å²) in [6.45, 7) is 3.16. The van der Waals surface area contributed by atoms with Crippen molar-refractivity contribution in [3.05, 3.63) is 0 Å². The lowest BCUT2D eigenvalue weighted by Crippen LogP contribution is -2.65. The molecule has 0 aromatic heterocycles. The van der Waals surface area contributed by atoms with Gasteiger partial charge in [-0.25, -0.2) is 0 Å². The number of aliphatic hydroxyl groups is 1. The highest BCUT2D eigenvalue weighted by molar-refractivity contribution is 5.77. The maximum atomic E-state index is 12.1. The molecule has 0 unspecified atom stereocenters. The van der Waals surface area contributed by atoms with Crippen molar-refractivity contribution in [2.45, 2.75) is 56.7 Å². The first-order chi connectivity index (χ1) is 9.22. The normalized spacial score (nSPS) is 46.7. The van der Waals surface area contributed by atoms with Crippen LogP contribution in [0.2, 0.25) is 0 Å². The zero-order valence-electron chi connectivity index (χ0n) is 11.5. The molecular formula is C15H24N2O2. The maximum Gasteiger partial charge on any atom is 0.222 e. The average molecular weight is 264 g/mol. The van der Waals surface area contributed by atoms with Crippen molar-refractivity contribution in [3.63, 3.8) is 0 Å². The molecule has 4 heteroatoms. The molecule has 1 N–H and O–H groups in total. The molecule has 4 aliphatic heterocycles. The van der Waals surface area contributed by atoms with Crippen molar-refractivity contribution in [3.8, 4) is 0 Å². The van der Waals surface area contributed by atoms with Crippen LogP contribution in [-0.2, 0) is 4.79 Å². The summed E-state index contributed by atoms with van der Waals surface area (Å²) >= 11 is 0. The zero-order valence-corrected chi connectivity index (χ0v) is 11.5. The van der Waals surface area contributed by atoms with E-state index in [1.54, 1.807) is 0 Å². The van der Waals surface area contributed by atoms with Gasteiger partial charge in [0.15, 0.2) is 0 Å². The predicted molar refractivity (Wildman–Crippen MR) is 71.6 cm³/mol. The molecule has 1 amide bonds. The Morgan fingerprint density at radius 2 is 1.89 bits per heavy atom. The van der Waals surface area contributed by atoms with Crippen LogP contribution in [-0.4, -0.2) is 58.6 Å². The third-order valence-electron chi connectivity index (χ3n) is 5.94. The minimum absolute atomic E-state index is 0.118. The minimum Gasteiger partial charge on any atom is -0.393 e. The van der Waals surface area contributed by atoms with Gasteiger partial charge in [0.05, 0.1) is 6.10 Å². The fraction of sp³-hybridized carbons (Fsp3) is 0.933. The molecule has 2 bridgehead atoms. The average Bonchev–Trinajstić information content (AvgIpc) is 2.41. The molecule has 4 heterocycles. The fourth-order valence-electron chi connectivity index (χ4n) is 5.07. The predicted octanol–water partition coefficient (Wildman–Crippen LogP) is 0.843. The molecule has 0 aromatic carbocycles. The second-order valence-electron chi connectivity index (χ2n) is 7.00. The minimum atomic E-state index is -0.118. The molecule has 0 aliphatic carbocycles. The van der Waals surface area contributed by atoms with E-state index in [4.69, 9.17) is 0 Å². The summed E-state index contributed by atoms with van der Waals surface area (Å²) in [5.41, 5.74) is 0. The Morgan fingerprint density at radius 3 is 2.79 bits per heavy atom. The number of rotatable bonds is 0. The van der Waals surface area contributed by atoms with Crippen LogP contribution >= 0.6 is 0 Å². The van der Waals surface area contributed by atoms with Crippen LogP contribution in [0.15, 0.2) is 0 Å². The molecule has 0 radical (unpaired) electrons. The largest absolute Gasteiger partial charge is 0.393 e. The lowest BCUT2D eigenvalue weighted by molar-refractivity contribution is -0.150. The maximum absolute atomic E-state index is 12.1. The van der Waals surface area contributed by atoms with Crippen molar-refractivity contribution in [1.82, 2.24) is 9.80 Å². The molecular weight excluding hydrogens is 240 g/mol. The number of nitrogens with zero attached hydrogens (tertiary/aromatic N) is 2. The van der Waals surface area contributed by atoms with Gasteiger partial charge in [-0.1, -0.05) is 0 Å². The summed E-state index contributed by atoms with van der Waals surface area (Å²) < 4.78 is 0. The van der Waals surface area contributed by atoms with Crippen LogP contribution in [0.1, 0.15) is 38.5 Å². The van der Waals surface area contributed by atoms with E-state index in [1.807, 2.05) is 0 Å². The Labute approximate surface area is 114 Å². The molecule has 4 rings (SSSR count). The number of carbonyl (C=O) groups excluding carboxylic acids is 1. The van der Waals surface area contributed by atoms with Crippen LogP contribution in [0.5, 0.6) is 0 Å². The lowest BCUT2D eigenvalue weighted by Gasteiger charge is -2.57. The van der Waals surface area contributed by atoms with Crippen LogP contribution in [0.4, 0.5) is 0 Å². The van der Waals surface area contributed by atoms with E-state index in [2.05, 4.69) is 9.80 Å². The SMILES string of the molecule is O=C1CCC[C@H]2[C@H]3C[C@@H](CN12)[C@H]1C[C@@H](O)CCN1C3. The molecule has 4 nitrogen and oxygen atoms in total. The van der Waals surface area contributed by atoms with E-state index in [-0.39, 0.29) is 6.10 Å². The summed E-state index contributed by atoms with van der Waals surface area (Å²) in [7, 11) is 0. The molecule has 106 valence electrons. The van der Waals surface area contributed by atoms with Gasteiger partial charge in [-0.15, -0.1) is 0 Å². The first-order valence-corrected chi connectivity index (χ1v) is 7.94. The number of hydrogen-bond acceptors (Lipinski definition) is 3. The van der Waals surface area contributed by atoms with E-state index in [9.17, 15) is 9.90 Å². The van der Waals surface area contributed by atoms with Gasteiger partial charge in [0, 0.05) is 38.1 Å². The standard InChI is InChI=1S/C15H24N2O2/c18-12-4-5-16-8-10-6-11(14(16)7-12)9-17-13(10)2-1-3-15(17)19/h10-14,18H,1-9H2/t10-,11-,12-,13-,14+/m0/s1. The topological polar surface area (TPSA) is 43.8 Å². The van der Waals surface area contributed by atoms with Gasteiger partial charge >= 0.3 is 0 Å². The van der Waals surface area contributed by atoms with Gasteiger partial charge in [-0.2, -0.15) is 0 Å². The van der Waals surface area contributed by atoms with Crippen LogP contribution in [0.25, 0.3) is 0 Å². The number of amides is 1. The second-order valence-corrected chi connectivity index (χ2v) is 7.00. The summed E-state index contributed by atoms with van der Waals surface area (Å²) in [6.07, 6.45) is 6.07.